The average Bonchev–Trinajstić information content (AvgIpc) is 2.42. The summed E-state index contributed by atoms with van der Waals surface area (Å²) in [6.07, 6.45) is 14.1. The van der Waals surface area contributed by atoms with Crippen LogP contribution in [-0.2, 0) is 4.43 Å². The van der Waals surface area contributed by atoms with Crippen LogP contribution in [0.15, 0.2) is 0 Å². The van der Waals surface area contributed by atoms with E-state index in [-0.39, 0.29) is 0 Å². The predicted molar refractivity (Wildman–Crippen MR) is 98.3 cm³/mol. The maximum atomic E-state index is 6.56. The molecule has 0 saturated heterocycles. The molecule has 0 N–H and O–H groups in total. The van der Waals surface area contributed by atoms with Gasteiger partial charge in [0, 0.05) is 6.10 Å². The van der Waals surface area contributed by atoms with E-state index in [4.69, 9.17) is 4.43 Å². The molecule has 0 aromatic carbocycles. The van der Waals surface area contributed by atoms with Crippen molar-refractivity contribution in [2.45, 2.75) is 123 Å². The van der Waals surface area contributed by atoms with E-state index >= 15 is 0 Å². The van der Waals surface area contributed by atoms with Crippen LogP contribution in [0.25, 0.3) is 0 Å². The summed E-state index contributed by atoms with van der Waals surface area (Å²) in [6, 6.07) is 0. The number of hydrogen-bond acceptors (Lipinski definition) is 1. The monoisotopic (exact) mass is 313 g/mol. The molecule has 0 bridgehead atoms. The Hall–Kier alpha value is 0.177. The lowest BCUT2D eigenvalue weighted by Crippen LogP contribution is -2.31. The predicted octanol–water partition coefficient (Wildman–Crippen LogP) is 7.12. The van der Waals surface area contributed by atoms with Gasteiger partial charge in [-0.2, -0.15) is 0 Å². The maximum Gasteiger partial charge on any atom is 0.217 e. The number of unbranched alkanes of at least 4 members (excludes halogenated alkanes) is 6. The Bertz CT molecular complexity index is 208. The van der Waals surface area contributed by atoms with Gasteiger partial charge in [-0.15, -0.1) is 0 Å². The molecule has 0 amide bonds. The highest BCUT2D eigenvalue weighted by Crippen LogP contribution is 2.25. The van der Waals surface area contributed by atoms with Gasteiger partial charge in [-0.3, -0.25) is 0 Å². The molecule has 1 atom stereocenters. The lowest BCUT2D eigenvalue weighted by atomic mass is 10.0. The first-order chi connectivity index (χ1) is 10.0. The zero-order valence-corrected chi connectivity index (χ0v) is 16.7. The van der Waals surface area contributed by atoms with Gasteiger partial charge in [-0.25, -0.2) is 0 Å². The summed E-state index contributed by atoms with van der Waals surface area (Å²) in [5.74, 6) is 0. The molecule has 0 aromatic heterocycles. The van der Waals surface area contributed by atoms with Crippen molar-refractivity contribution in [1.82, 2.24) is 0 Å². The Kier molecular flexibility index (Phi) is 13.9. The van der Waals surface area contributed by atoms with E-state index in [1.54, 1.807) is 0 Å². The molecule has 1 radical (unpaired) electrons. The number of rotatable bonds is 14. The largest absolute Gasteiger partial charge is 0.413 e. The fraction of sp³-hybridized carbons (Fsp3) is 1.00. The minimum atomic E-state index is -0.653. The molecule has 1 unspecified atom stereocenters. The molecule has 0 aliphatic rings. The maximum absolute atomic E-state index is 6.56. The van der Waals surface area contributed by atoms with Gasteiger partial charge in [0.05, 0.1) is 0 Å². The lowest BCUT2D eigenvalue weighted by molar-refractivity contribution is 0.168. The van der Waals surface area contributed by atoms with Gasteiger partial charge < -0.3 is 4.43 Å². The van der Waals surface area contributed by atoms with Gasteiger partial charge in [0.25, 0.3) is 0 Å². The standard InChI is InChI=1S/C19H41OSi/c1-7-9-10-11-12-13-14-16-19(15-8-2)20-21(17(3)4)18(5)6/h17-19H,7-16H2,1-6H3. The van der Waals surface area contributed by atoms with Crippen molar-refractivity contribution in [3.63, 3.8) is 0 Å². The summed E-state index contributed by atoms with van der Waals surface area (Å²) in [5, 5.41) is 0. The topological polar surface area (TPSA) is 9.23 Å². The summed E-state index contributed by atoms with van der Waals surface area (Å²) >= 11 is 0. The summed E-state index contributed by atoms with van der Waals surface area (Å²) < 4.78 is 6.56. The average molecular weight is 314 g/mol. The smallest absolute Gasteiger partial charge is 0.217 e. The van der Waals surface area contributed by atoms with E-state index in [0.717, 1.165) is 11.1 Å². The highest BCUT2D eigenvalue weighted by Gasteiger charge is 2.25. The van der Waals surface area contributed by atoms with Gasteiger partial charge in [-0.1, -0.05) is 92.9 Å². The third-order valence-electron chi connectivity index (χ3n) is 4.18. The van der Waals surface area contributed by atoms with E-state index in [1.807, 2.05) is 0 Å². The molecular weight excluding hydrogens is 272 g/mol. The van der Waals surface area contributed by atoms with Crippen molar-refractivity contribution in [3.05, 3.63) is 0 Å². The highest BCUT2D eigenvalue weighted by molar-refractivity contribution is 6.55. The first-order valence-corrected chi connectivity index (χ1v) is 11.1. The van der Waals surface area contributed by atoms with E-state index in [2.05, 4.69) is 41.5 Å². The van der Waals surface area contributed by atoms with E-state index in [9.17, 15) is 0 Å². The molecule has 0 spiro atoms. The minimum absolute atomic E-state index is 0.532. The fourth-order valence-electron chi connectivity index (χ4n) is 3.04. The van der Waals surface area contributed by atoms with Crippen LogP contribution < -0.4 is 0 Å². The van der Waals surface area contributed by atoms with E-state index in [1.165, 1.54) is 64.2 Å². The quantitative estimate of drug-likeness (QED) is 0.245. The van der Waals surface area contributed by atoms with Crippen molar-refractivity contribution in [2.75, 3.05) is 0 Å². The van der Waals surface area contributed by atoms with Crippen molar-refractivity contribution in [1.29, 1.82) is 0 Å². The van der Waals surface area contributed by atoms with E-state index in [0.29, 0.717) is 6.10 Å². The van der Waals surface area contributed by atoms with Gasteiger partial charge in [0.1, 0.15) is 0 Å². The van der Waals surface area contributed by atoms with Crippen LogP contribution in [0.5, 0.6) is 0 Å². The second kappa shape index (κ2) is 13.8. The molecule has 127 valence electrons. The van der Waals surface area contributed by atoms with Crippen LogP contribution in [0.2, 0.25) is 11.1 Å². The zero-order chi connectivity index (χ0) is 16.1. The van der Waals surface area contributed by atoms with Crippen molar-refractivity contribution in [3.8, 4) is 0 Å². The van der Waals surface area contributed by atoms with Crippen LogP contribution in [0, 0.1) is 0 Å². The molecule has 0 aliphatic carbocycles. The second-order valence-electron chi connectivity index (χ2n) is 7.15. The Labute approximate surface area is 137 Å². The van der Waals surface area contributed by atoms with Crippen molar-refractivity contribution >= 4 is 9.04 Å². The Morgan fingerprint density at radius 1 is 0.667 bits per heavy atom. The third-order valence-corrected chi connectivity index (χ3v) is 7.06. The van der Waals surface area contributed by atoms with Crippen LogP contribution in [0.4, 0.5) is 0 Å². The van der Waals surface area contributed by atoms with Crippen molar-refractivity contribution < 1.29 is 4.43 Å². The number of hydrogen-bond donors (Lipinski definition) is 0. The first-order valence-electron chi connectivity index (χ1n) is 9.56. The van der Waals surface area contributed by atoms with Gasteiger partial charge in [-0.05, 0) is 23.9 Å². The fourth-order valence-corrected chi connectivity index (χ4v) is 5.54. The molecular formula is C19H41OSi. The molecule has 0 fully saturated rings. The molecule has 0 aromatic rings. The molecule has 21 heavy (non-hydrogen) atoms. The zero-order valence-electron chi connectivity index (χ0n) is 15.7. The molecule has 0 rings (SSSR count). The summed E-state index contributed by atoms with van der Waals surface area (Å²) in [7, 11) is -0.653. The minimum Gasteiger partial charge on any atom is -0.413 e. The molecule has 0 heterocycles. The Morgan fingerprint density at radius 3 is 1.67 bits per heavy atom. The van der Waals surface area contributed by atoms with E-state index < -0.39 is 9.04 Å². The molecule has 2 heteroatoms. The first kappa shape index (κ1) is 21.2. The van der Waals surface area contributed by atoms with Crippen LogP contribution >= 0.6 is 0 Å². The Morgan fingerprint density at radius 2 is 1.19 bits per heavy atom. The van der Waals surface area contributed by atoms with Gasteiger partial charge >= 0.3 is 0 Å². The van der Waals surface area contributed by atoms with Crippen molar-refractivity contribution in [2.24, 2.45) is 0 Å². The SMILES string of the molecule is CCCCCCCCCC(CCC)O[Si](C(C)C)C(C)C. The lowest BCUT2D eigenvalue weighted by Gasteiger charge is -2.28. The second-order valence-corrected chi connectivity index (χ2v) is 10.5. The third kappa shape index (κ3) is 11.4. The summed E-state index contributed by atoms with van der Waals surface area (Å²) in [5.41, 5.74) is 1.45. The van der Waals surface area contributed by atoms with Gasteiger partial charge in [0.15, 0.2) is 0 Å². The van der Waals surface area contributed by atoms with Gasteiger partial charge in [0.2, 0.25) is 9.04 Å². The normalized spacial score (nSPS) is 13.6. The summed E-state index contributed by atoms with van der Waals surface area (Å²) in [6.45, 7) is 13.9. The molecule has 1 nitrogen and oxygen atoms in total. The molecule has 0 saturated carbocycles. The molecule has 0 aliphatic heterocycles. The van der Waals surface area contributed by atoms with Crippen LogP contribution in [-0.4, -0.2) is 15.1 Å². The summed E-state index contributed by atoms with van der Waals surface area (Å²) in [4.78, 5) is 0. The van der Waals surface area contributed by atoms with Crippen LogP contribution in [0.3, 0.4) is 0 Å². The Balaban J connectivity index is 3.95. The van der Waals surface area contributed by atoms with Crippen LogP contribution in [0.1, 0.15) is 106 Å². The highest BCUT2D eigenvalue weighted by atomic mass is 28.3.